The summed E-state index contributed by atoms with van der Waals surface area (Å²) < 4.78 is 0. The molecule has 1 aliphatic rings. The quantitative estimate of drug-likeness (QED) is 0.654. The van der Waals surface area contributed by atoms with Crippen LogP contribution >= 0.6 is 0 Å². The summed E-state index contributed by atoms with van der Waals surface area (Å²) in [6.07, 6.45) is 11.4. The maximum absolute atomic E-state index is 9.43. The van der Waals surface area contributed by atoms with E-state index in [-0.39, 0.29) is 6.10 Å². The van der Waals surface area contributed by atoms with Crippen LogP contribution < -0.4 is 0 Å². The Morgan fingerprint density at radius 3 is 1.53 bits per heavy atom. The van der Waals surface area contributed by atoms with Crippen LogP contribution in [0.25, 0.3) is 0 Å². The molecule has 3 heteroatoms. The van der Waals surface area contributed by atoms with E-state index < -0.39 is 5.97 Å². The summed E-state index contributed by atoms with van der Waals surface area (Å²) in [6.45, 7) is 1.08. The second kappa shape index (κ2) is 9.97. The molecule has 0 heterocycles. The fourth-order valence-electron chi connectivity index (χ4n) is 1.79. The third kappa shape index (κ3) is 13.4. The van der Waals surface area contributed by atoms with E-state index >= 15 is 0 Å². The minimum absolute atomic E-state index is 0.00750. The molecule has 0 aromatic carbocycles. The lowest BCUT2D eigenvalue weighted by Crippen LogP contribution is -2.06. The fraction of sp³-hybridized carbons (Fsp3) is 0.917. The van der Waals surface area contributed by atoms with Gasteiger partial charge in [-0.15, -0.1) is 0 Å². The number of carbonyl (C=O) groups is 1. The van der Waals surface area contributed by atoms with Gasteiger partial charge in [0.15, 0.2) is 0 Å². The topological polar surface area (TPSA) is 57.5 Å². The largest absolute Gasteiger partial charge is 0.481 e. The molecule has 0 aromatic rings. The zero-order chi connectivity index (χ0) is 11.5. The molecule has 0 aliphatic heterocycles. The van der Waals surface area contributed by atoms with Crippen LogP contribution in [0.5, 0.6) is 0 Å². The van der Waals surface area contributed by atoms with Crippen LogP contribution in [-0.4, -0.2) is 22.3 Å². The van der Waals surface area contributed by atoms with Gasteiger partial charge in [0, 0.05) is 6.92 Å². The summed E-state index contributed by atoms with van der Waals surface area (Å²) >= 11 is 0. The summed E-state index contributed by atoms with van der Waals surface area (Å²) in [4.78, 5) is 9.00. The Labute approximate surface area is 92.5 Å². The zero-order valence-electron chi connectivity index (χ0n) is 9.74. The van der Waals surface area contributed by atoms with Crippen molar-refractivity contribution in [2.75, 3.05) is 0 Å². The minimum Gasteiger partial charge on any atom is -0.481 e. The first-order chi connectivity index (χ1) is 7.13. The van der Waals surface area contributed by atoms with Gasteiger partial charge in [-0.05, 0) is 12.8 Å². The van der Waals surface area contributed by atoms with Gasteiger partial charge in [-0.3, -0.25) is 4.79 Å². The summed E-state index contributed by atoms with van der Waals surface area (Å²) in [5.41, 5.74) is 0. The maximum Gasteiger partial charge on any atom is 0.300 e. The number of aliphatic carboxylic acids is 1. The predicted molar refractivity (Wildman–Crippen MR) is 60.9 cm³/mol. The van der Waals surface area contributed by atoms with Crippen molar-refractivity contribution in [2.45, 2.75) is 70.8 Å². The van der Waals surface area contributed by atoms with Crippen LogP contribution in [0.1, 0.15) is 64.7 Å². The second-order valence-corrected chi connectivity index (χ2v) is 4.23. The molecule has 90 valence electrons. The van der Waals surface area contributed by atoms with Crippen LogP contribution in [-0.2, 0) is 4.79 Å². The van der Waals surface area contributed by atoms with E-state index in [0.717, 1.165) is 19.8 Å². The molecule has 1 aliphatic carbocycles. The lowest BCUT2D eigenvalue weighted by molar-refractivity contribution is -0.134. The monoisotopic (exact) mass is 216 g/mol. The van der Waals surface area contributed by atoms with Gasteiger partial charge in [0.2, 0.25) is 0 Å². The average Bonchev–Trinajstić information content (AvgIpc) is 2.15. The molecule has 0 aromatic heterocycles. The molecule has 0 radical (unpaired) electrons. The van der Waals surface area contributed by atoms with E-state index in [1.165, 1.54) is 44.9 Å². The van der Waals surface area contributed by atoms with Crippen LogP contribution in [0.15, 0.2) is 0 Å². The first-order valence-electron chi connectivity index (χ1n) is 6.00. The smallest absolute Gasteiger partial charge is 0.300 e. The summed E-state index contributed by atoms with van der Waals surface area (Å²) in [7, 11) is 0. The van der Waals surface area contributed by atoms with Crippen molar-refractivity contribution < 1.29 is 15.0 Å². The van der Waals surface area contributed by atoms with Gasteiger partial charge < -0.3 is 10.2 Å². The van der Waals surface area contributed by atoms with E-state index in [0.29, 0.717) is 0 Å². The highest BCUT2D eigenvalue weighted by atomic mass is 16.4. The Morgan fingerprint density at radius 1 is 0.933 bits per heavy atom. The summed E-state index contributed by atoms with van der Waals surface area (Å²) in [5, 5.41) is 16.8. The Hall–Kier alpha value is -0.570. The summed E-state index contributed by atoms with van der Waals surface area (Å²) in [6, 6.07) is 0. The van der Waals surface area contributed by atoms with E-state index in [4.69, 9.17) is 9.90 Å². The number of aliphatic hydroxyl groups excluding tert-OH is 1. The third-order valence-electron chi connectivity index (χ3n) is 2.57. The number of hydrogen-bond acceptors (Lipinski definition) is 2. The van der Waals surface area contributed by atoms with Gasteiger partial charge in [0.05, 0.1) is 6.10 Å². The lowest BCUT2D eigenvalue weighted by atomic mass is 9.99. The van der Waals surface area contributed by atoms with Crippen molar-refractivity contribution in [3.63, 3.8) is 0 Å². The number of rotatable bonds is 0. The number of hydrogen-bond donors (Lipinski definition) is 2. The summed E-state index contributed by atoms with van der Waals surface area (Å²) in [5.74, 6) is -0.833. The predicted octanol–water partition coefficient (Wildman–Crippen LogP) is 2.96. The van der Waals surface area contributed by atoms with E-state index in [9.17, 15) is 5.11 Å². The van der Waals surface area contributed by atoms with Crippen molar-refractivity contribution in [1.82, 2.24) is 0 Å². The molecule has 15 heavy (non-hydrogen) atoms. The highest BCUT2D eigenvalue weighted by molar-refractivity contribution is 5.62. The molecular weight excluding hydrogens is 192 g/mol. The lowest BCUT2D eigenvalue weighted by Gasteiger charge is -2.12. The van der Waals surface area contributed by atoms with Crippen molar-refractivity contribution in [3.05, 3.63) is 0 Å². The molecule has 3 nitrogen and oxygen atoms in total. The van der Waals surface area contributed by atoms with E-state index in [1.54, 1.807) is 0 Å². The van der Waals surface area contributed by atoms with Crippen LogP contribution in [0.4, 0.5) is 0 Å². The SMILES string of the molecule is CC(=O)O.OC1CCCCCCCCC1. The van der Waals surface area contributed by atoms with Gasteiger partial charge in [0.25, 0.3) is 5.97 Å². The Kier molecular flexibility index (Phi) is 9.59. The molecule has 1 fully saturated rings. The Morgan fingerprint density at radius 2 is 1.20 bits per heavy atom. The maximum atomic E-state index is 9.43. The molecular formula is C12H24O3. The highest BCUT2D eigenvalue weighted by Crippen LogP contribution is 2.16. The first kappa shape index (κ1) is 14.4. The molecule has 0 atom stereocenters. The normalized spacial score (nSPS) is 19.9. The van der Waals surface area contributed by atoms with Gasteiger partial charge in [-0.25, -0.2) is 0 Å². The fourth-order valence-corrected chi connectivity index (χ4v) is 1.79. The van der Waals surface area contributed by atoms with Crippen LogP contribution in [0, 0.1) is 0 Å². The van der Waals surface area contributed by atoms with E-state index in [1.807, 2.05) is 0 Å². The number of aliphatic hydroxyl groups is 1. The molecule has 1 rings (SSSR count). The van der Waals surface area contributed by atoms with Crippen LogP contribution in [0.3, 0.4) is 0 Å². The number of carboxylic acid groups (broad SMARTS) is 1. The standard InChI is InChI=1S/C10H20O.C2H4O2/c11-10-8-6-4-2-1-3-5-7-9-10;1-2(3)4/h10-11H,1-9H2;1H3,(H,3,4). The Bertz CT molecular complexity index is 143. The van der Waals surface area contributed by atoms with Gasteiger partial charge in [-0.1, -0.05) is 44.9 Å². The molecule has 0 amide bonds. The molecule has 0 spiro atoms. The van der Waals surface area contributed by atoms with Gasteiger partial charge >= 0.3 is 0 Å². The molecule has 0 unspecified atom stereocenters. The Balaban J connectivity index is 0.000000423. The zero-order valence-corrected chi connectivity index (χ0v) is 9.74. The molecule has 2 N–H and O–H groups in total. The van der Waals surface area contributed by atoms with Gasteiger partial charge in [-0.2, -0.15) is 0 Å². The molecule has 0 bridgehead atoms. The average molecular weight is 216 g/mol. The van der Waals surface area contributed by atoms with Crippen molar-refractivity contribution >= 4 is 5.97 Å². The van der Waals surface area contributed by atoms with Crippen molar-refractivity contribution in [1.29, 1.82) is 0 Å². The minimum atomic E-state index is -0.833. The van der Waals surface area contributed by atoms with Gasteiger partial charge in [0.1, 0.15) is 0 Å². The first-order valence-corrected chi connectivity index (χ1v) is 6.00. The third-order valence-corrected chi connectivity index (χ3v) is 2.57. The molecule has 1 saturated carbocycles. The van der Waals surface area contributed by atoms with E-state index in [2.05, 4.69) is 0 Å². The highest BCUT2D eigenvalue weighted by Gasteiger charge is 2.04. The van der Waals surface area contributed by atoms with Crippen LogP contribution in [0.2, 0.25) is 0 Å². The second-order valence-electron chi connectivity index (χ2n) is 4.23. The van der Waals surface area contributed by atoms with Crippen molar-refractivity contribution in [2.24, 2.45) is 0 Å². The number of carboxylic acids is 1. The molecule has 0 saturated heterocycles. The van der Waals surface area contributed by atoms with Crippen molar-refractivity contribution in [3.8, 4) is 0 Å².